The molecule has 3 saturated heterocycles. The van der Waals surface area contributed by atoms with Crippen molar-refractivity contribution in [2.24, 2.45) is 29.6 Å². The summed E-state index contributed by atoms with van der Waals surface area (Å²) in [4.78, 5) is 39.9. The third-order valence-electron chi connectivity index (χ3n) is 14.1. The first-order chi connectivity index (χ1) is 28.2. The van der Waals surface area contributed by atoms with Gasteiger partial charge < -0.3 is 64.0 Å². The number of esters is 1. The van der Waals surface area contributed by atoms with Gasteiger partial charge in [-0.1, -0.05) is 53.4 Å². The van der Waals surface area contributed by atoms with Gasteiger partial charge in [0.2, 0.25) is 0 Å². The third kappa shape index (κ3) is 13.4. The molecule has 3 heterocycles. The molecule has 0 bridgehead atoms. The van der Waals surface area contributed by atoms with E-state index in [0.29, 0.717) is 12.8 Å². The second-order valence-electron chi connectivity index (χ2n) is 19.6. The number of rotatable bonds is 10. The highest BCUT2D eigenvalue weighted by Gasteiger charge is 2.53. The summed E-state index contributed by atoms with van der Waals surface area (Å²) in [5, 5.41) is 66.0. The minimum absolute atomic E-state index is 0.0936. The fourth-order valence-electron chi connectivity index (χ4n) is 10.0. The standard InChI is InChI=1S/C37H67NO13.C8H14O2/c1-14-25-37(10,45)30(41)20(4)27(39)18(2)16-35(8,44)32(51-34-28(40)24(38(11)12)15-19(3)47-34)21(5)29(22(6)33(43)49-25)50-26-17-36(9,46-13)31(42)23(7)48-26;9-8(10)6-5-7-3-1-2-4-7/h18-26,28-32,34,40-42,44-45H,14-17H2,1-13H3;7H,1-6H2,(H,9,10)/t18-,19-,20+,21+,22-,23+,24+,25-,26+,28-,29+,30-,31+,32-,34+,35-,36-,37-;/m1./s1. The van der Waals surface area contributed by atoms with Gasteiger partial charge in [-0.15, -0.1) is 0 Å². The fraction of sp³-hybridized carbons (Fsp3) is 0.933. The lowest BCUT2D eigenvalue weighted by molar-refractivity contribution is -0.318. The van der Waals surface area contributed by atoms with Gasteiger partial charge in [0.1, 0.15) is 29.7 Å². The van der Waals surface area contributed by atoms with Gasteiger partial charge in [0.15, 0.2) is 12.6 Å². The number of hydrogen-bond acceptors (Lipinski definition) is 15. The van der Waals surface area contributed by atoms with E-state index in [4.69, 9.17) is 33.5 Å². The van der Waals surface area contributed by atoms with Crippen LogP contribution in [0.25, 0.3) is 0 Å². The van der Waals surface area contributed by atoms with Crippen molar-refractivity contribution in [3.63, 3.8) is 0 Å². The molecule has 18 atom stereocenters. The average Bonchev–Trinajstić information content (AvgIpc) is 3.72. The van der Waals surface area contributed by atoms with E-state index in [1.54, 1.807) is 41.5 Å². The lowest BCUT2D eigenvalue weighted by atomic mass is 9.74. The van der Waals surface area contributed by atoms with Gasteiger partial charge in [0.25, 0.3) is 0 Å². The summed E-state index contributed by atoms with van der Waals surface area (Å²) < 4.78 is 37.1. The van der Waals surface area contributed by atoms with Crippen LogP contribution in [0.5, 0.6) is 0 Å². The van der Waals surface area contributed by atoms with E-state index in [-0.39, 0.29) is 31.4 Å². The summed E-state index contributed by atoms with van der Waals surface area (Å²) in [6, 6.07) is -0.324. The molecule has 0 unspecified atom stereocenters. The molecule has 0 aromatic carbocycles. The quantitative estimate of drug-likeness (QED) is 0.171. The molecule has 16 nitrogen and oxygen atoms in total. The van der Waals surface area contributed by atoms with Crippen LogP contribution >= 0.6 is 0 Å². The molecule has 4 rings (SSSR count). The molecule has 3 aliphatic heterocycles. The number of ether oxygens (including phenoxy) is 6. The number of cyclic esters (lactones) is 1. The van der Waals surface area contributed by atoms with E-state index in [1.807, 2.05) is 25.9 Å². The number of Topliss-reactive ketones (excluding diaryl/α,β-unsaturated/α-hetero) is 1. The SMILES string of the molecule is CC[C@H]1OC(=O)[C@H](C)[C@@H](O[C@H]2C[C@@](C)(OC)[C@@H](O)[C@H](C)O2)[C@H](C)[C@@H](O[C@@H]2O[C@H](C)C[C@H](N(C)C)[C@H]2O)[C@](C)(O)C[C@@H](C)C(=O)[C@H](C)[C@@H](O)[C@]1(C)O.O=C(O)CCC1CCCC1. The van der Waals surface area contributed by atoms with Crippen LogP contribution in [0, 0.1) is 29.6 Å². The Labute approximate surface area is 363 Å². The number of aliphatic carboxylic acids is 1. The minimum atomic E-state index is -1.99. The number of carbonyl (C=O) groups is 3. The Morgan fingerprint density at radius 2 is 1.49 bits per heavy atom. The summed E-state index contributed by atoms with van der Waals surface area (Å²) in [5.41, 5.74) is -4.84. The number of aliphatic hydroxyl groups is 5. The first-order valence-corrected chi connectivity index (χ1v) is 22.5. The van der Waals surface area contributed by atoms with Crippen LogP contribution in [-0.4, -0.2) is 159 Å². The normalized spacial score (nSPS) is 44.8. The van der Waals surface area contributed by atoms with Gasteiger partial charge in [0.05, 0.1) is 47.6 Å². The second-order valence-corrected chi connectivity index (χ2v) is 19.6. The van der Waals surface area contributed by atoms with E-state index in [0.717, 1.165) is 12.3 Å². The molecule has 4 aliphatic rings. The van der Waals surface area contributed by atoms with E-state index >= 15 is 0 Å². The Hall–Kier alpha value is -1.83. The number of nitrogens with zero attached hydrogens (tertiary/aromatic N) is 1. The van der Waals surface area contributed by atoms with Gasteiger partial charge >= 0.3 is 11.9 Å². The van der Waals surface area contributed by atoms with Crippen LogP contribution < -0.4 is 0 Å². The molecule has 16 heteroatoms. The molecule has 1 aliphatic carbocycles. The number of methoxy groups -OCH3 is 1. The number of carbonyl (C=O) groups excluding carboxylic acids is 2. The van der Waals surface area contributed by atoms with Crippen molar-refractivity contribution < 1.29 is 73.4 Å². The minimum Gasteiger partial charge on any atom is -0.481 e. The van der Waals surface area contributed by atoms with Gasteiger partial charge in [-0.05, 0) is 87.2 Å². The Morgan fingerprint density at radius 1 is 0.885 bits per heavy atom. The molecule has 0 aromatic rings. The lowest BCUT2D eigenvalue weighted by Crippen LogP contribution is -2.61. The van der Waals surface area contributed by atoms with Crippen LogP contribution in [0.2, 0.25) is 0 Å². The Morgan fingerprint density at radius 3 is 2.03 bits per heavy atom. The highest BCUT2D eigenvalue weighted by atomic mass is 16.7. The van der Waals surface area contributed by atoms with Gasteiger partial charge in [-0.2, -0.15) is 0 Å². The van der Waals surface area contributed by atoms with Crippen molar-refractivity contribution >= 4 is 17.7 Å². The monoisotopic (exact) mass is 876 g/mol. The summed E-state index contributed by atoms with van der Waals surface area (Å²) in [7, 11) is 5.18. The summed E-state index contributed by atoms with van der Waals surface area (Å²) in [6.07, 6.45) is -3.31. The number of hydrogen-bond donors (Lipinski definition) is 6. The Bertz CT molecular complexity index is 1410. The Balaban J connectivity index is 0.000000866. The smallest absolute Gasteiger partial charge is 0.311 e. The molecule has 4 fully saturated rings. The third-order valence-corrected chi connectivity index (χ3v) is 14.1. The molecule has 0 aromatic heterocycles. The molecule has 6 N–H and O–H groups in total. The van der Waals surface area contributed by atoms with Gasteiger partial charge in [-0.3, -0.25) is 14.4 Å². The van der Waals surface area contributed by atoms with Gasteiger partial charge in [0, 0.05) is 43.7 Å². The van der Waals surface area contributed by atoms with Crippen molar-refractivity contribution in [1.29, 1.82) is 0 Å². The number of likely N-dealkylation sites (N-methyl/N-ethyl adjacent to an activating group) is 1. The van der Waals surface area contributed by atoms with Crippen molar-refractivity contribution in [3.05, 3.63) is 0 Å². The maximum Gasteiger partial charge on any atom is 0.311 e. The molecular formula is C45H81NO15. The molecular weight excluding hydrogens is 794 g/mol. The predicted molar refractivity (Wildman–Crippen MR) is 225 cm³/mol. The van der Waals surface area contributed by atoms with Crippen LogP contribution in [-0.2, 0) is 42.8 Å². The van der Waals surface area contributed by atoms with Crippen LogP contribution in [0.3, 0.4) is 0 Å². The van der Waals surface area contributed by atoms with E-state index in [1.165, 1.54) is 53.6 Å². The highest BCUT2D eigenvalue weighted by molar-refractivity contribution is 5.83. The van der Waals surface area contributed by atoms with Crippen molar-refractivity contribution in [2.75, 3.05) is 21.2 Å². The highest BCUT2D eigenvalue weighted by Crippen LogP contribution is 2.41. The summed E-state index contributed by atoms with van der Waals surface area (Å²) in [5.74, 6) is -4.90. The lowest BCUT2D eigenvalue weighted by Gasteiger charge is -2.49. The number of carboxylic acid groups (broad SMARTS) is 1. The zero-order valence-corrected chi connectivity index (χ0v) is 39.1. The summed E-state index contributed by atoms with van der Waals surface area (Å²) >= 11 is 0. The van der Waals surface area contributed by atoms with Gasteiger partial charge in [-0.25, -0.2) is 0 Å². The second kappa shape index (κ2) is 22.4. The topological polar surface area (TPSA) is 231 Å². The van der Waals surface area contributed by atoms with E-state index in [9.17, 15) is 39.9 Å². The molecule has 0 amide bonds. The summed E-state index contributed by atoms with van der Waals surface area (Å²) in [6.45, 7) is 16.3. The zero-order chi connectivity index (χ0) is 46.4. The van der Waals surface area contributed by atoms with Crippen molar-refractivity contribution in [3.8, 4) is 0 Å². The van der Waals surface area contributed by atoms with Crippen molar-refractivity contribution in [1.82, 2.24) is 4.90 Å². The van der Waals surface area contributed by atoms with Crippen molar-refractivity contribution in [2.45, 2.75) is 218 Å². The molecule has 0 spiro atoms. The largest absolute Gasteiger partial charge is 0.481 e. The molecule has 61 heavy (non-hydrogen) atoms. The van der Waals surface area contributed by atoms with E-state index < -0.39 is 114 Å². The Kier molecular flexibility index (Phi) is 19.6. The first-order valence-electron chi connectivity index (χ1n) is 22.5. The van der Waals surface area contributed by atoms with Crippen LogP contribution in [0.1, 0.15) is 133 Å². The number of carboxylic acids is 1. The fourth-order valence-corrected chi connectivity index (χ4v) is 10.0. The maximum absolute atomic E-state index is 14.1. The zero-order valence-electron chi connectivity index (χ0n) is 39.1. The molecule has 0 radical (unpaired) electrons. The average molecular weight is 876 g/mol. The van der Waals surface area contributed by atoms with E-state index in [2.05, 4.69) is 0 Å². The first kappa shape index (κ1) is 53.5. The maximum atomic E-state index is 14.1. The van der Waals surface area contributed by atoms with Crippen LogP contribution in [0.15, 0.2) is 0 Å². The molecule has 356 valence electrons. The number of ketones is 1. The molecule has 1 saturated carbocycles. The van der Waals surface area contributed by atoms with Crippen LogP contribution in [0.4, 0.5) is 0 Å². The number of aliphatic hydroxyl groups excluding tert-OH is 3. The predicted octanol–water partition coefficient (Wildman–Crippen LogP) is 3.83.